The molecule has 3 aliphatic rings. The van der Waals surface area contributed by atoms with Crippen LogP contribution in [0.15, 0.2) is 319 Å². The number of benzene rings is 13. The topological polar surface area (TPSA) is 6.48 Å². The van der Waals surface area contributed by atoms with Crippen molar-refractivity contribution in [3.8, 4) is 77.9 Å². The molecule has 0 saturated heterocycles. The van der Waals surface area contributed by atoms with Gasteiger partial charge in [-0.15, -0.1) is 0 Å². The van der Waals surface area contributed by atoms with E-state index in [1.165, 1.54) is 121 Å². The van der Waals surface area contributed by atoms with Crippen LogP contribution in [0.5, 0.6) is 0 Å². The molecule has 0 radical (unpaired) electrons. The first kappa shape index (κ1) is 50.6. The van der Waals surface area contributed by atoms with Gasteiger partial charge >= 0.3 is 0 Å². The van der Waals surface area contributed by atoms with Crippen LogP contribution in [0.1, 0.15) is 25.0 Å². The minimum Gasteiger partial charge on any atom is -0.311 e. The van der Waals surface area contributed by atoms with E-state index in [4.69, 9.17) is 0 Å². The highest BCUT2D eigenvalue weighted by atomic mass is 32.2. The van der Waals surface area contributed by atoms with E-state index in [0.717, 1.165) is 28.1 Å². The highest BCUT2D eigenvalue weighted by Crippen LogP contribution is 2.54. The summed E-state index contributed by atoms with van der Waals surface area (Å²) in [6.07, 6.45) is 0. The molecule has 0 aliphatic carbocycles. The lowest BCUT2D eigenvalue weighted by atomic mass is 9.34. The summed E-state index contributed by atoms with van der Waals surface area (Å²) in [5.41, 5.74) is 30.0. The molecule has 13 aromatic rings. The molecule has 0 bridgehead atoms. The SMILES string of the molecule is CC1(C)c2ccccc2N(c2ccccc2)c2ccc(-c3cc4c5c(c3)N(c3cc(-c6ccccc6)cc(-c6cccc(-c7cccc(-c8ccccc8)c7)c6)c3)c3ccc(-c6ccccc6)cc3B5c3cc(-c5ccccc5)ccc3S4)cc21. The van der Waals surface area contributed by atoms with Crippen LogP contribution in [0.2, 0.25) is 0 Å². The third-order valence-electron chi connectivity index (χ3n) is 17.8. The number of para-hydroxylation sites is 2. The second-order valence-corrected chi connectivity index (χ2v) is 24.3. The molecule has 85 heavy (non-hydrogen) atoms. The van der Waals surface area contributed by atoms with Crippen molar-refractivity contribution in [2.45, 2.75) is 29.1 Å². The fraction of sp³-hybridized carbons (Fsp3) is 0.0370. The summed E-state index contributed by atoms with van der Waals surface area (Å²) in [5.74, 6) is 0. The molecular weight excluding hydrogens is 1040 g/mol. The largest absolute Gasteiger partial charge is 0.311 e. The maximum absolute atomic E-state index is 2.61. The van der Waals surface area contributed by atoms with Gasteiger partial charge in [0, 0.05) is 38.0 Å². The molecule has 0 unspecified atom stereocenters. The van der Waals surface area contributed by atoms with E-state index >= 15 is 0 Å². The molecular formula is C81H57BN2S. The molecule has 0 saturated carbocycles. The molecule has 0 fully saturated rings. The van der Waals surface area contributed by atoms with Crippen LogP contribution >= 0.6 is 11.8 Å². The number of nitrogens with zero attached hydrogens (tertiary/aromatic N) is 2. The van der Waals surface area contributed by atoms with Gasteiger partial charge in [0.25, 0.3) is 0 Å². The number of rotatable bonds is 9. The Hall–Kier alpha value is -10.1. The Kier molecular flexibility index (Phi) is 12.3. The van der Waals surface area contributed by atoms with Gasteiger partial charge in [0.05, 0.1) is 11.4 Å². The van der Waals surface area contributed by atoms with Gasteiger partial charge in [-0.1, -0.05) is 256 Å². The Labute approximate surface area is 503 Å². The van der Waals surface area contributed by atoms with E-state index in [-0.39, 0.29) is 12.1 Å². The van der Waals surface area contributed by atoms with Crippen molar-refractivity contribution in [1.82, 2.24) is 0 Å². The first-order valence-electron chi connectivity index (χ1n) is 29.5. The Morgan fingerprint density at radius 3 is 1.28 bits per heavy atom. The highest BCUT2D eigenvalue weighted by Gasteiger charge is 2.43. The Morgan fingerprint density at radius 1 is 0.259 bits per heavy atom. The fourth-order valence-corrected chi connectivity index (χ4v) is 14.8. The Bertz CT molecular complexity index is 4710. The van der Waals surface area contributed by atoms with Crippen molar-refractivity contribution < 1.29 is 0 Å². The van der Waals surface area contributed by atoms with E-state index in [2.05, 4.69) is 333 Å². The van der Waals surface area contributed by atoms with E-state index in [9.17, 15) is 0 Å². The maximum Gasteiger partial charge on any atom is 0.249 e. The lowest BCUT2D eigenvalue weighted by molar-refractivity contribution is 0.632. The molecule has 0 N–H and O–H groups in total. The number of hydrogen-bond donors (Lipinski definition) is 0. The molecule has 0 amide bonds. The van der Waals surface area contributed by atoms with Gasteiger partial charge < -0.3 is 9.80 Å². The van der Waals surface area contributed by atoms with Gasteiger partial charge in [0.2, 0.25) is 6.71 Å². The monoisotopic (exact) mass is 1100 g/mol. The lowest BCUT2D eigenvalue weighted by Crippen LogP contribution is -2.59. The molecule has 0 atom stereocenters. The van der Waals surface area contributed by atoms with Crippen LogP contribution in [-0.2, 0) is 5.41 Å². The summed E-state index contributed by atoms with van der Waals surface area (Å²) in [6, 6.07) is 115. The van der Waals surface area contributed by atoms with E-state index < -0.39 is 0 Å². The molecule has 3 aliphatic heterocycles. The van der Waals surface area contributed by atoms with Crippen LogP contribution < -0.4 is 26.2 Å². The quantitative estimate of drug-likeness (QED) is 0.133. The molecule has 13 aromatic carbocycles. The molecule has 3 heterocycles. The zero-order valence-electron chi connectivity index (χ0n) is 47.3. The Morgan fingerprint density at radius 2 is 0.671 bits per heavy atom. The van der Waals surface area contributed by atoms with Crippen LogP contribution in [0.25, 0.3) is 77.9 Å². The number of anilines is 6. The van der Waals surface area contributed by atoms with Crippen molar-refractivity contribution in [3.05, 3.63) is 321 Å². The van der Waals surface area contributed by atoms with Gasteiger partial charge in [-0.2, -0.15) is 0 Å². The summed E-state index contributed by atoms with van der Waals surface area (Å²) in [7, 11) is 0. The molecule has 0 spiro atoms. The number of hydrogen-bond acceptors (Lipinski definition) is 3. The average Bonchev–Trinajstić information content (AvgIpc) is 1.02. The van der Waals surface area contributed by atoms with Gasteiger partial charge in [0.15, 0.2) is 0 Å². The van der Waals surface area contributed by atoms with Crippen molar-refractivity contribution in [2.75, 3.05) is 9.80 Å². The zero-order chi connectivity index (χ0) is 56.6. The molecule has 4 heteroatoms. The average molecular weight is 1100 g/mol. The van der Waals surface area contributed by atoms with Gasteiger partial charge in [0.1, 0.15) is 0 Å². The molecule has 0 aromatic heterocycles. The highest BCUT2D eigenvalue weighted by molar-refractivity contribution is 8.00. The first-order valence-corrected chi connectivity index (χ1v) is 30.3. The summed E-state index contributed by atoms with van der Waals surface area (Å²) in [5, 5.41) is 0. The Balaban J connectivity index is 0.934. The van der Waals surface area contributed by atoms with Crippen LogP contribution in [0.3, 0.4) is 0 Å². The minimum absolute atomic E-state index is 0.0487. The summed E-state index contributed by atoms with van der Waals surface area (Å²) < 4.78 is 0. The maximum atomic E-state index is 2.61. The van der Waals surface area contributed by atoms with E-state index in [0.29, 0.717) is 0 Å². The molecule has 400 valence electrons. The predicted molar refractivity (Wildman–Crippen MR) is 361 cm³/mol. The van der Waals surface area contributed by atoms with E-state index in [1.807, 2.05) is 11.8 Å². The number of fused-ring (bicyclic) bond motifs is 6. The van der Waals surface area contributed by atoms with Crippen LogP contribution in [0, 0.1) is 0 Å². The minimum atomic E-state index is -0.275. The van der Waals surface area contributed by atoms with E-state index in [1.54, 1.807) is 0 Å². The smallest absolute Gasteiger partial charge is 0.249 e. The standard InChI is InChI=1S/C81H57BN2S/c1-81(2)70-36-18-19-37-74(70)83(68-34-16-7-17-35-68)75-41-38-62(49-71(75)81)67-52-77-80-79(53-67)85-78-43-40-64(56-26-12-5-13-27-56)51-73(78)82(80)72-50-63(55-24-10-4-11-25-55)39-42-76(72)84(77)69-47-65(57-28-14-6-15-29-57)46-66(48-69)61-33-21-32-60(45-61)59-31-20-30-58(44-59)54-22-8-3-9-23-54/h3-53H,1-2H3. The van der Waals surface area contributed by atoms with Gasteiger partial charge in [-0.3, -0.25) is 0 Å². The van der Waals surface area contributed by atoms with Gasteiger partial charge in [-0.25, -0.2) is 0 Å². The predicted octanol–water partition coefficient (Wildman–Crippen LogP) is 20.2. The third kappa shape index (κ3) is 8.83. The van der Waals surface area contributed by atoms with Crippen molar-refractivity contribution in [2.24, 2.45) is 0 Å². The second-order valence-electron chi connectivity index (χ2n) is 23.2. The normalized spacial score (nSPS) is 13.3. The zero-order valence-corrected chi connectivity index (χ0v) is 48.1. The van der Waals surface area contributed by atoms with Crippen molar-refractivity contribution in [3.63, 3.8) is 0 Å². The fourth-order valence-electron chi connectivity index (χ4n) is 13.6. The van der Waals surface area contributed by atoms with Crippen molar-refractivity contribution >= 4 is 69.0 Å². The van der Waals surface area contributed by atoms with Crippen molar-refractivity contribution in [1.29, 1.82) is 0 Å². The molecule has 2 nitrogen and oxygen atoms in total. The third-order valence-corrected chi connectivity index (χ3v) is 19.0. The lowest BCUT2D eigenvalue weighted by Gasteiger charge is -2.42. The van der Waals surface area contributed by atoms with Gasteiger partial charge in [-0.05, 0) is 185 Å². The second kappa shape index (κ2) is 20.6. The first-order chi connectivity index (χ1) is 41.9. The summed E-state index contributed by atoms with van der Waals surface area (Å²) >= 11 is 1.92. The van der Waals surface area contributed by atoms with Crippen LogP contribution in [-0.4, -0.2) is 6.71 Å². The summed E-state index contributed by atoms with van der Waals surface area (Å²) in [6.45, 7) is 4.74. The summed E-state index contributed by atoms with van der Waals surface area (Å²) in [4.78, 5) is 7.62. The molecule has 16 rings (SSSR count). The van der Waals surface area contributed by atoms with Crippen LogP contribution in [0.4, 0.5) is 34.1 Å².